The lowest BCUT2D eigenvalue weighted by Crippen LogP contribution is -2.31. The lowest BCUT2D eigenvalue weighted by Gasteiger charge is -2.18. The first-order valence-corrected chi connectivity index (χ1v) is 9.32. The van der Waals surface area contributed by atoms with Gasteiger partial charge in [-0.1, -0.05) is 18.2 Å². The fraction of sp³-hybridized carbons (Fsp3) is 0.429. The van der Waals surface area contributed by atoms with Crippen LogP contribution in [0.4, 0.5) is 0 Å². The van der Waals surface area contributed by atoms with Gasteiger partial charge in [0.1, 0.15) is 23.4 Å². The van der Waals surface area contributed by atoms with Gasteiger partial charge < -0.3 is 18.8 Å². The normalized spacial score (nSPS) is 16.4. The van der Waals surface area contributed by atoms with E-state index in [9.17, 15) is 9.59 Å². The molecule has 0 bridgehead atoms. The lowest BCUT2D eigenvalue weighted by atomic mass is 10.1. The highest BCUT2D eigenvalue weighted by Gasteiger charge is 2.27. The smallest absolute Gasteiger partial charge is 0.339 e. The number of amides is 1. The van der Waals surface area contributed by atoms with Gasteiger partial charge in [-0.2, -0.15) is 0 Å². The Labute approximate surface area is 158 Å². The number of ether oxygens (including phenoxy) is 2. The molecular formula is C21H25NO5. The number of aryl methyl sites for hydroxylation is 2. The predicted octanol–water partition coefficient (Wildman–Crippen LogP) is 2.96. The van der Waals surface area contributed by atoms with E-state index < -0.39 is 5.63 Å². The van der Waals surface area contributed by atoms with Gasteiger partial charge in [0.05, 0.1) is 19.2 Å². The molecule has 3 rings (SSSR count). The summed E-state index contributed by atoms with van der Waals surface area (Å²) < 4.78 is 16.4. The van der Waals surface area contributed by atoms with Crippen LogP contribution in [0, 0.1) is 6.92 Å². The van der Waals surface area contributed by atoms with Crippen molar-refractivity contribution in [2.45, 2.75) is 39.2 Å². The van der Waals surface area contributed by atoms with Crippen LogP contribution in [-0.2, 0) is 11.2 Å². The first kappa shape index (κ1) is 19.0. The van der Waals surface area contributed by atoms with Gasteiger partial charge in [0.25, 0.3) is 0 Å². The van der Waals surface area contributed by atoms with E-state index in [4.69, 9.17) is 13.9 Å². The minimum Gasteiger partial charge on any atom is -0.494 e. The van der Waals surface area contributed by atoms with Crippen LogP contribution >= 0.6 is 0 Å². The first-order valence-electron chi connectivity index (χ1n) is 9.32. The monoisotopic (exact) mass is 371 g/mol. The van der Waals surface area contributed by atoms with E-state index in [2.05, 4.69) is 0 Å². The largest absolute Gasteiger partial charge is 0.494 e. The number of para-hydroxylation sites is 1. The van der Waals surface area contributed by atoms with Crippen LogP contribution in [0.1, 0.15) is 31.1 Å². The van der Waals surface area contributed by atoms with Gasteiger partial charge in [0.15, 0.2) is 0 Å². The molecular weight excluding hydrogens is 346 g/mol. The quantitative estimate of drug-likeness (QED) is 0.748. The van der Waals surface area contributed by atoms with E-state index in [1.54, 1.807) is 13.0 Å². The van der Waals surface area contributed by atoms with Crippen molar-refractivity contribution in [3.8, 4) is 11.5 Å². The summed E-state index contributed by atoms with van der Waals surface area (Å²) in [6, 6.07) is 10.8. The average Bonchev–Trinajstić information content (AvgIpc) is 3.08. The highest BCUT2D eigenvalue weighted by atomic mass is 16.5. The maximum Gasteiger partial charge on any atom is 0.339 e. The highest BCUT2D eigenvalue weighted by molar-refractivity contribution is 5.77. The highest BCUT2D eigenvalue weighted by Crippen LogP contribution is 2.22. The van der Waals surface area contributed by atoms with Gasteiger partial charge in [-0.15, -0.1) is 0 Å². The molecule has 1 fully saturated rings. The summed E-state index contributed by atoms with van der Waals surface area (Å²) in [7, 11) is 0. The third kappa shape index (κ3) is 5.12. The summed E-state index contributed by atoms with van der Waals surface area (Å²) in [5.41, 5.74) is 0.620. The summed E-state index contributed by atoms with van der Waals surface area (Å²) in [5, 5.41) is 0. The van der Waals surface area contributed by atoms with Crippen molar-refractivity contribution in [3.63, 3.8) is 0 Å². The van der Waals surface area contributed by atoms with Crippen LogP contribution in [0.2, 0.25) is 0 Å². The molecule has 1 amide bonds. The van der Waals surface area contributed by atoms with E-state index >= 15 is 0 Å². The van der Waals surface area contributed by atoms with E-state index in [1.165, 1.54) is 6.07 Å². The molecule has 1 aromatic heterocycles. The van der Waals surface area contributed by atoms with Crippen LogP contribution in [0.25, 0.3) is 0 Å². The van der Waals surface area contributed by atoms with Gasteiger partial charge in [0.2, 0.25) is 5.91 Å². The summed E-state index contributed by atoms with van der Waals surface area (Å²) >= 11 is 0. The van der Waals surface area contributed by atoms with Crippen LogP contribution < -0.4 is 15.1 Å². The molecule has 1 unspecified atom stereocenters. The number of carbonyl (C=O) groups is 1. The van der Waals surface area contributed by atoms with Gasteiger partial charge in [-0.3, -0.25) is 4.79 Å². The molecule has 0 saturated carbocycles. The summed E-state index contributed by atoms with van der Waals surface area (Å²) in [5.74, 6) is 1.95. The fourth-order valence-corrected chi connectivity index (χ4v) is 3.29. The number of hydrogen-bond donors (Lipinski definition) is 0. The third-order valence-corrected chi connectivity index (χ3v) is 4.55. The zero-order valence-corrected chi connectivity index (χ0v) is 15.8. The van der Waals surface area contributed by atoms with Crippen LogP contribution in [-0.4, -0.2) is 36.6 Å². The standard InChI is InChI=1S/C21H25NO5/c1-3-25-19-7-5-4-6-16(19)8-9-20(23)22-11-10-17(14-22)27-18-12-15(2)26-21(24)13-18/h4-7,12-13,17H,3,8-11,14H2,1-2H3. The van der Waals surface area contributed by atoms with Crippen molar-refractivity contribution in [2.24, 2.45) is 0 Å². The van der Waals surface area contributed by atoms with Crippen molar-refractivity contribution in [2.75, 3.05) is 19.7 Å². The topological polar surface area (TPSA) is 69.0 Å². The number of nitrogens with zero attached hydrogens (tertiary/aromatic N) is 1. The third-order valence-electron chi connectivity index (χ3n) is 4.55. The Morgan fingerprint density at radius 3 is 2.89 bits per heavy atom. The Hall–Kier alpha value is -2.76. The first-order chi connectivity index (χ1) is 13.0. The van der Waals surface area contributed by atoms with Crippen molar-refractivity contribution in [1.82, 2.24) is 4.90 Å². The molecule has 27 heavy (non-hydrogen) atoms. The van der Waals surface area contributed by atoms with Crippen LogP contribution in [0.15, 0.2) is 45.6 Å². The molecule has 6 nitrogen and oxygen atoms in total. The minimum atomic E-state index is -0.427. The molecule has 1 atom stereocenters. The second-order valence-electron chi connectivity index (χ2n) is 6.63. The second-order valence-corrected chi connectivity index (χ2v) is 6.63. The number of likely N-dealkylation sites (tertiary alicyclic amines) is 1. The molecule has 1 aliphatic rings. The van der Waals surface area contributed by atoms with E-state index in [0.29, 0.717) is 44.0 Å². The van der Waals surface area contributed by atoms with Gasteiger partial charge >= 0.3 is 5.63 Å². The summed E-state index contributed by atoms with van der Waals surface area (Å²) in [6.07, 6.45) is 1.73. The maximum absolute atomic E-state index is 12.6. The van der Waals surface area contributed by atoms with E-state index in [0.717, 1.165) is 17.7 Å². The molecule has 1 saturated heterocycles. The molecule has 0 N–H and O–H groups in total. The van der Waals surface area contributed by atoms with Gasteiger partial charge in [-0.25, -0.2) is 4.79 Å². The Morgan fingerprint density at radius 2 is 2.11 bits per heavy atom. The van der Waals surface area contributed by atoms with Crippen molar-refractivity contribution < 1.29 is 18.7 Å². The Morgan fingerprint density at radius 1 is 1.30 bits per heavy atom. The SMILES string of the molecule is CCOc1ccccc1CCC(=O)N1CCC(Oc2cc(C)oc(=O)c2)C1. The van der Waals surface area contributed by atoms with Gasteiger partial charge in [0, 0.05) is 25.5 Å². The maximum atomic E-state index is 12.6. The van der Waals surface area contributed by atoms with Gasteiger partial charge in [-0.05, 0) is 31.9 Å². The summed E-state index contributed by atoms with van der Waals surface area (Å²) in [6.45, 7) is 5.46. The van der Waals surface area contributed by atoms with E-state index in [-0.39, 0.29) is 12.0 Å². The zero-order chi connectivity index (χ0) is 19.2. The molecule has 2 aromatic rings. The lowest BCUT2D eigenvalue weighted by molar-refractivity contribution is -0.130. The van der Waals surface area contributed by atoms with Crippen molar-refractivity contribution in [3.05, 3.63) is 58.1 Å². The Balaban J connectivity index is 1.52. The number of benzene rings is 1. The fourth-order valence-electron chi connectivity index (χ4n) is 3.29. The van der Waals surface area contributed by atoms with Crippen molar-refractivity contribution in [1.29, 1.82) is 0 Å². The Kier molecular flexibility index (Phi) is 6.16. The molecule has 6 heteroatoms. The molecule has 0 aliphatic carbocycles. The molecule has 1 aliphatic heterocycles. The Bertz CT molecular complexity index is 844. The van der Waals surface area contributed by atoms with E-state index in [1.807, 2.05) is 36.1 Å². The number of hydrogen-bond acceptors (Lipinski definition) is 5. The van der Waals surface area contributed by atoms with Crippen LogP contribution in [0.5, 0.6) is 11.5 Å². The average molecular weight is 371 g/mol. The van der Waals surface area contributed by atoms with Crippen molar-refractivity contribution >= 4 is 5.91 Å². The predicted molar refractivity (Wildman–Crippen MR) is 101 cm³/mol. The second kappa shape index (κ2) is 8.75. The molecule has 1 aromatic carbocycles. The molecule has 144 valence electrons. The minimum absolute atomic E-state index is 0.106. The zero-order valence-electron chi connectivity index (χ0n) is 15.8. The summed E-state index contributed by atoms with van der Waals surface area (Å²) in [4.78, 5) is 25.8. The molecule has 0 spiro atoms. The molecule has 2 heterocycles. The number of carbonyl (C=O) groups excluding carboxylic acids is 1. The number of rotatable bonds is 7. The molecule has 0 radical (unpaired) electrons. The van der Waals surface area contributed by atoms with Crippen LogP contribution in [0.3, 0.4) is 0 Å².